The number of aliphatic imine (C=N–C) groups is 1. The molecule has 15 heavy (non-hydrogen) atoms. The average molecular weight is 214 g/mol. The predicted molar refractivity (Wildman–Crippen MR) is 61.5 cm³/mol. The highest BCUT2D eigenvalue weighted by Gasteiger charge is 2.30. The zero-order valence-corrected chi connectivity index (χ0v) is 9.86. The lowest BCUT2D eigenvalue weighted by molar-refractivity contribution is 0.172. The Bertz CT molecular complexity index is 213. The summed E-state index contributed by atoms with van der Waals surface area (Å²) < 4.78 is 5.08. The first-order chi connectivity index (χ1) is 7.19. The van der Waals surface area contributed by atoms with Crippen molar-refractivity contribution in [3.63, 3.8) is 0 Å². The molecule has 0 saturated heterocycles. The van der Waals surface area contributed by atoms with Gasteiger partial charge in [-0.05, 0) is 26.7 Å². The first kappa shape index (κ1) is 12.3. The van der Waals surface area contributed by atoms with Crippen molar-refractivity contribution in [3.8, 4) is 0 Å². The zero-order chi connectivity index (χ0) is 11.3. The van der Waals surface area contributed by atoms with Gasteiger partial charge in [-0.15, -0.1) is 0 Å². The topological polar surface area (TPSA) is 62.9 Å². The molecule has 0 heterocycles. The van der Waals surface area contributed by atoms with Crippen LogP contribution in [0.25, 0.3) is 0 Å². The van der Waals surface area contributed by atoms with E-state index in [1.165, 1.54) is 12.8 Å². The third kappa shape index (κ3) is 4.05. The van der Waals surface area contributed by atoms with Crippen LogP contribution in [0.1, 0.15) is 26.7 Å². The highest BCUT2D eigenvalue weighted by molar-refractivity contribution is 5.80. The second kappa shape index (κ2) is 5.92. The lowest BCUT2D eigenvalue weighted by atomic mass is 10.4. The van der Waals surface area contributed by atoms with E-state index in [0.717, 1.165) is 12.5 Å². The molecule has 3 N–H and O–H groups in total. The van der Waals surface area contributed by atoms with Gasteiger partial charge in [-0.25, -0.2) is 10.8 Å². The summed E-state index contributed by atoms with van der Waals surface area (Å²) in [6.07, 6.45) is 2.45. The van der Waals surface area contributed by atoms with Crippen LogP contribution in [0.5, 0.6) is 0 Å². The van der Waals surface area contributed by atoms with Crippen molar-refractivity contribution >= 4 is 5.96 Å². The zero-order valence-electron chi connectivity index (χ0n) is 9.86. The molecule has 1 rings (SSSR count). The summed E-state index contributed by atoms with van der Waals surface area (Å²) in [5, 5.41) is 0. The molecule has 1 saturated carbocycles. The fraction of sp³-hybridized carbons (Fsp3) is 0.900. The highest BCUT2D eigenvalue weighted by atomic mass is 16.5. The Morgan fingerprint density at radius 1 is 1.60 bits per heavy atom. The van der Waals surface area contributed by atoms with Gasteiger partial charge >= 0.3 is 0 Å². The standard InChI is InChI=1S/C10H22N4O/c1-8(2)12-10(13-11)14(6-7-15-3)9-4-5-9/h8-9H,4-7,11H2,1-3H3,(H,12,13). The Hall–Kier alpha value is -0.810. The van der Waals surface area contributed by atoms with Gasteiger partial charge in [0.05, 0.1) is 6.61 Å². The van der Waals surface area contributed by atoms with Crippen LogP contribution < -0.4 is 11.3 Å². The Morgan fingerprint density at radius 2 is 2.27 bits per heavy atom. The van der Waals surface area contributed by atoms with E-state index in [0.29, 0.717) is 12.6 Å². The molecule has 0 aliphatic heterocycles. The lowest BCUT2D eigenvalue weighted by Gasteiger charge is -2.25. The van der Waals surface area contributed by atoms with Crippen LogP contribution in [0.4, 0.5) is 0 Å². The summed E-state index contributed by atoms with van der Waals surface area (Å²) in [6.45, 7) is 5.63. The van der Waals surface area contributed by atoms with E-state index in [9.17, 15) is 0 Å². The third-order valence-electron chi connectivity index (χ3n) is 2.31. The number of hydrogen-bond acceptors (Lipinski definition) is 3. The van der Waals surface area contributed by atoms with Gasteiger partial charge in [0, 0.05) is 25.7 Å². The molecule has 0 radical (unpaired) electrons. The second-order valence-corrected chi connectivity index (χ2v) is 4.11. The van der Waals surface area contributed by atoms with E-state index < -0.39 is 0 Å². The molecule has 0 aromatic heterocycles. The van der Waals surface area contributed by atoms with Gasteiger partial charge in [0.1, 0.15) is 0 Å². The molecule has 0 amide bonds. The molecule has 88 valence electrons. The lowest BCUT2D eigenvalue weighted by Crippen LogP contribution is -2.47. The molecule has 5 nitrogen and oxygen atoms in total. The Morgan fingerprint density at radius 3 is 2.67 bits per heavy atom. The largest absolute Gasteiger partial charge is 0.383 e. The number of guanidine groups is 1. The van der Waals surface area contributed by atoms with Gasteiger partial charge in [-0.2, -0.15) is 0 Å². The SMILES string of the molecule is COCCN(C(=NC(C)C)NN)C1CC1. The first-order valence-electron chi connectivity index (χ1n) is 5.49. The van der Waals surface area contributed by atoms with Gasteiger partial charge in [0.25, 0.3) is 0 Å². The normalized spacial score (nSPS) is 17.0. The maximum Gasteiger partial charge on any atom is 0.208 e. The van der Waals surface area contributed by atoms with Gasteiger partial charge in [-0.3, -0.25) is 5.43 Å². The van der Waals surface area contributed by atoms with Gasteiger partial charge in [-0.1, -0.05) is 0 Å². The smallest absolute Gasteiger partial charge is 0.208 e. The molecule has 0 atom stereocenters. The van der Waals surface area contributed by atoms with Crippen LogP contribution in [0, 0.1) is 0 Å². The van der Waals surface area contributed by atoms with Crippen molar-refractivity contribution in [1.82, 2.24) is 10.3 Å². The number of rotatable bonds is 5. The van der Waals surface area contributed by atoms with E-state index in [-0.39, 0.29) is 6.04 Å². The monoisotopic (exact) mass is 214 g/mol. The molecule has 0 spiro atoms. The third-order valence-corrected chi connectivity index (χ3v) is 2.31. The van der Waals surface area contributed by atoms with Crippen LogP contribution in [-0.2, 0) is 4.74 Å². The van der Waals surface area contributed by atoms with Gasteiger partial charge in [0.2, 0.25) is 5.96 Å². The first-order valence-corrected chi connectivity index (χ1v) is 5.49. The van der Waals surface area contributed by atoms with Crippen molar-refractivity contribution in [2.45, 2.75) is 38.8 Å². The molecule has 1 aliphatic rings. The molecular formula is C10H22N4O. The molecule has 0 unspecified atom stereocenters. The van der Waals surface area contributed by atoms with E-state index >= 15 is 0 Å². The van der Waals surface area contributed by atoms with Gasteiger partial charge in [0.15, 0.2) is 0 Å². The van der Waals surface area contributed by atoms with Crippen LogP contribution >= 0.6 is 0 Å². The number of hydrazine groups is 1. The van der Waals surface area contributed by atoms with Crippen molar-refractivity contribution in [2.75, 3.05) is 20.3 Å². The van der Waals surface area contributed by atoms with Gasteiger partial charge < -0.3 is 9.64 Å². The number of methoxy groups -OCH3 is 1. The quantitative estimate of drug-likeness (QED) is 0.299. The minimum atomic E-state index is 0.250. The molecule has 1 fully saturated rings. The van der Waals surface area contributed by atoms with Crippen LogP contribution in [0.2, 0.25) is 0 Å². The van der Waals surface area contributed by atoms with E-state index in [4.69, 9.17) is 10.6 Å². The number of nitrogens with one attached hydrogen (secondary N) is 1. The Kier molecular flexibility index (Phi) is 4.84. The number of ether oxygens (including phenoxy) is 1. The Balaban J connectivity index is 2.58. The number of nitrogens with two attached hydrogens (primary N) is 1. The summed E-state index contributed by atoms with van der Waals surface area (Å²) in [4.78, 5) is 6.66. The molecule has 0 aromatic carbocycles. The van der Waals surface area contributed by atoms with Crippen molar-refractivity contribution in [3.05, 3.63) is 0 Å². The maximum absolute atomic E-state index is 5.50. The summed E-state index contributed by atoms with van der Waals surface area (Å²) in [5.41, 5.74) is 2.68. The molecular weight excluding hydrogens is 192 g/mol. The molecule has 0 bridgehead atoms. The van der Waals surface area contributed by atoms with Crippen molar-refractivity contribution in [1.29, 1.82) is 0 Å². The van der Waals surface area contributed by atoms with Crippen molar-refractivity contribution < 1.29 is 4.74 Å². The van der Waals surface area contributed by atoms with Crippen molar-refractivity contribution in [2.24, 2.45) is 10.8 Å². The predicted octanol–water partition coefficient (Wildman–Crippen LogP) is 0.325. The summed E-state index contributed by atoms with van der Waals surface area (Å²) in [6, 6.07) is 0.841. The summed E-state index contributed by atoms with van der Waals surface area (Å²) >= 11 is 0. The summed E-state index contributed by atoms with van der Waals surface area (Å²) in [7, 11) is 1.71. The number of nitrogens with zero attached hydrogens (tertiary/aromatic N) is 2. The highest BCUT2D eigenvalue weighted by Crippen LogP contribution is 2.26. The Labute approximate surface area is 91.6 Å². The minimum absolute atomic E-state index is 0.250. The minimum Gasteiger partial charge on any atom is -0.383 e. The van der Waals surface area contributed by atoms with Crippen LogP contribution in [-0.4, -0.2) is 43.2 Å². The second-order valence-electron chi connectivity index (χ2n) is 4.11. The van der Waals surface area contributed by atoms with Crippen LogP contribution in [0.3, 0.4) is 0 Å². The fourth-order valence-electron chi connectivity index (χ4n) is 1.48. The van der Waals surface area contributed by atoms with E-state index in [1.807, 2.05) is 13.8 Å². The molecule has 5 heteroatoms. The summed E-state index contributed by atoms with van der Waals surface area (Å²) in [5.74, 6) is 6.28. The number of hydrogen-bond donors (Lipinski definition) is 2. The average Bonchev–Trinajstić information content (AvgIpc) is 3.00. The molecule has 1 aliphatic carbocycles. The van der Waals surface area contributed by atoms with E-state index in [2.05, 4.69) is 15.3 Å². The maximum atomic E-state index is 5.50. The molecule has 0 aromatic rings. The fourth-order valence-corrected chi connectivity index (χ4v) is 1.48. The van der Waals surface area contributed by atoms with Crippen LogP contribution in [0.15, 0.2) is 4.99 Å². The van der Waals surface area contributed by atoms with E-state index in [1.54, 1.807) is 7.11 Å².